The maximum Gasteiger partial charge on any atom is 0.232 e. The van der Waals surface area contributed by atoms with Crippen LogP contribution in [0.25, 0.3) is 0 Å². The molecule has 0 spiro atoms. The number of halogens is 2. The van der Waals surface area contributed by atoms with E-state index in [4.69, 9.17) is 33.2 Å². The number of rotatable bonds is 2. The molecule has 0 N–H and O–H groups in total. The lowest BCUT2D eigenvalue weighted by Crippen LogP contribution is -2.40. The molecule has 0 fully saturated rings. The van der Waals surface area contributed by atoms with Gasteiger partial charge in [0.15, 0.2) is 5.75 Å². The molecule has 1 aliphatic rings. The van der Waals surface area contributed by atoms with Gasteiger partial charge in [-0.15, -0.1) is 0 Å². The van der Waals surface area contributed by atoms with Gasteiger partial charge in [0.25, 0.3) is 0 Å². The van der Waals surface area contributed by atoms with E-state index in [2.05, 4.69) is 0 Å². The molecular formula is C14H8Cl2N2O. The Morgan fingerprint density at radius 1 is 1.16 bits per heavy atom. The maximum absolute atomic E-state index is 9.39. The summed E-state index contributed by atoms with van der Waals surface area (Å²) in [6.07, 6.45) is 6.48. The van der Waals surface area contributed by atoms with Gasteiger partial charge < -0.3 is 4.74 Å². The van der Waals surface area contributed by atoms with E-state index in [0.29, 0.717) is 10.0 Å². The van der Waals surface area contributed by atoms with E-state index in [1.165, 1.54) is 6.08 Å². The molecule has 0 bridgehead atoms. The first-order valence-corrected chi connectivity index (χ1v) is 6.18. The normalized spacial score (nSPS) is 24.5. The highest BCUT2D eigenvalue weighted by Crippen LogP contribution is 2.38. The fourth-order valence-electron chi connectivity index (χ4n) is 1.74. The van der Waals surface area contributed by atoms with Crippen LogP contribution in [0.15, 0.2) is 42.5 Å². The van der Waals surface area contributed by atoms with E-state index in [1.807, 2.05) is 12.1 Å². The second-order valence-electron chi connectivity index (χ2n) is 3.91. The molecule has 0 amide bonds. The lowest BCUT2D eigenvalue weighted by atomic mass is 9.85. The number of hydrogen-bond acceptors (Lipinski definition) is 3. The predicted molar refractivity (Wildman–Crippen MR) is 72.8 cm³/mol. The van der Waals surface area contributed by atoms with Crippen LogP contribution in [-0.2, 0) is 0 Å². The van der Waals surface area contributed by atoms with Crippen molar-refractivity contribution in [3.05, 3.63) is 52.5 Å². The highest BCUT2D eigenvalue weighted by molar-refractivity contribution is 6.37. The Morgan fingerprint density at radius 2 is 1.84 bits per heavy atom. The zero-order chi connectivity index (χ0) is 13.9. The first-order valence-electron chi connectivity index (χ1n) is 5.43. The van der Waals surface area contributed by atoms with Crippen molar-refractivity contribution in [3.8, 4) is 17.9 Å². The summed E-state index contributed by atoms with van der Waals surface area (Å²) >= 11 is 12.0. The zero-order valence-corrected chi connectivity index (χ0v) is 11.2. The molecule has 2 rings (SSSR count). The molecule has 0 heterocycles. The van der Waals surface area contributed by atoms with Crippen LogP contribution in [-0.4, -0.2) is 5.60 Å². The van der Waals surface area contributed by atoms with E-state index in [9.17, 15) is 5.26 Å². The summed E-state index contributed by atoms with van der Waals surface area (Å²) in [6.45, 7) is 0. The van der Waals surface area contributed by atoms with Crippen molar-refractivity contribution in [2.75, 3.05) is 0 Å². The van der Waals surface area contributed by atoms with Crippen molar-refractivity contribution in [2.24, 2.45) is 5.92 Å². The Labute approximate surface area is 120 Å². The molecule has 1 aromatic carbocycles. The molecule has 0 radical (unpaired) electrons. The molecule has 5 heteroatoms. The number of para-hydroxylation sites is 1. The minimum Gasteiger partial charge on any atom is -0.464 e. The van der Waals surface area contributed by atoms with Gasteiger partial charge in [0, 0.05) is 0 Å². The fraction of sp³-hybridized carbons (Fsp3) is 0.143. The van der Waals surface area contributed by atoms with E-state index in [-0.39, 0.29) is 5.75 Å². The third kappa shape index (κ3) is 2.44. The van der Waals surface area contributed by atoms with Gasteiger partial charge in [-0.25, -0.2) is 0 Å². The monoisotopic (exact) mass is 290 g/mol. The van der Waals surface area contributed by atoms with E-state index >= 15 is 0 Å². The van der Waals surface area contributed by atoms with Gasteiger partial charge in [-0.05, 0) is 18.2 Å². The zero-order valence-electron chi connectivity index (χ0n) is 9.68. The molecule has 94 valence electrons. The van der Waals surface area contributed by atoms with Crippen LogP contribution in [0.2, 0.25) is 10.0 Å². The first-order chi connectivity index (χ1) is 9.13. The van der Waals surface area contributed by atoms with Gasteiger partial charge in [-0.1, -0.05) is 47.5 Å². The molecule has 0 saturated heterocycles. The van der Waals surface area contributed by atoms with E-state index < -0.39 is 11.5 Å². The molecule has 3 nitrogen and oxygen atoms in total. The van der Waals surface area contributed by atoms with Crippen molar-refractivity contribution in [1.29, 1.82) is 10.5 Å². The van der Waals surface area contributed by atoms with Gasteiger partial charge >= 0.3 is 0 Å². The van der Waals surface area contributed by atoms with Crippen LogP contribution in [0.1, 0.15) is 0 Å². The Balaban J connectivity index is 2.46. The van der Waals surface area contributed by atoms with Gasteiger partial charge in [-0.3, -0.25) is 0 Å². The average molecular weight is 291 g/mol. The van der Waals surface area contributed by atoms with Crippen LogP contribution in [0, 0.1) is 28.6 Å². The van der Waals surface area contributed by atoms with Crippen molar-refractivity contribution < 1.29 is 4.74 Å². The second kappa shape index (κ2) is 5.36. The minimum absolute atomic E-state index is 0.201. The number of benzene rings is 1. The highest BCUT2D eigenvalue weighted by Gasteiger charge is 2.40. The predicted octanol–water partition coefficient (Wildman–Crippen LogP) is 3.90. The molecule has 0 saturated carbocycles. The third-order valence-corrected chi connectivity index (χ3v) is 3.32. The van der Waals surface area contributed by atoms with Crippen LogP contribution in [0.5, 0.6) is 5.75 Å². The quantitative estimate of drug-likeness (QED) is 0.830. The van der Waals surface area contributed by atoms with Crippen LogP contribution >= 0.6 is 23.2 Å². The van der Waals surface area contributed by atoms with Gasteiger partial charge in [0.05, 0.1) is 16.1 Å². The number of allylic oxidation sites excluding steroid dienone is 2. The Bertz CT molecular complexity index is 620. The molecule has 19 heavy (non-hydrogen) atoms. The van der Waals surface area contributed by atoms with Crippen LogP contribution in [0.4, 0.5) is 0 Å². The summed E-state index contributed by atoms with van der Waals surface area (Å²) in [5, 5.41) is 19.1. The van der Waals surface area contributed by atoms with Crippen molar-refractivity contribution in [2.45, 2.75) is 5.60 Å². The van der Waals surface area contributed by atoms with Gasteiger partial charge in [-0.2, -0.15) is 10.5 Å². The van der Waals surface area contributed by atoms with Crippen LogP contribution < -0.4 is 4.74 Å². The number of nitrogens with zero attached hydrogens (tertiary/aromatic N) is 2. The molecule has 0 aromatic heterocycles. The summed E-state index contributed by atoms with van der Waals surface area (Å²) in [4.78, 5) is 0. The van der Waals surface area contributed by atoms with Gasteiger partial charge in [0.1, 0.15) is 12.0 Å². The Hall–Kier alpha value is -1.94. The highest BCUT2D eigenvalue weighted by atomic mass is 35.5. The molecule has 0 aliphatic heterocycles. The number of hydrogen-bond donors (Lipinski definition) is 0. The topological polar surface area (TPSA) is 56.8 Å². The second-order valence-corrected chi connectivity index (χ2v) is 4.72. The first kappa shape index (κ1) is 13.5. The summed E-state index contributed by atoms with van der Waals surface area (Å²) < 4.78 is 5.67. The Morgan fingerprint density at radius 3 is 2.42 bits per heavy atom. The molecular weight excluding hydrogens is 283 g/mol. The van der Waals surface area contributed by atoms with Crippen molar-refractivity contribution in [3.63, 3.8) is 0 Å². The number of ether oxygens (including phenoxy) is 1. The molecule has 1 aromatic rings. The van der Waals surface area contributed by atoms with Gasteiger partial charge in [0.2, 0.25) is 5.60 Å². The van der Waals surface area contributed by atoms with Crippen molar-refractivity contribution >= 4 is 23.2 Å². The fourth-order valence-corrected chi connectivity index (χ4v) is 2.21. The SMILES string of the molecule is N#CC1C=CC=CC1(C#N)Oc1c(Cl)cccc1Cl. The molecule has 2 unspecified atom stereocenters. The summed E-state index contributed by atoms with van der Waals surface area (Å²) in [6, 6.07) is 8.95. The third-order valence-electron chi connectivity index (χ3n) is 2.72. The lowest BCUT2D eigenvalue weighted by Gasteiger charge is -2.29. The maximum atomic E-state index is 9.39. The summed E-state index contributed by atoms with van der Waals surface area (Å²) in [5.41, 5.74) is -1.42. The summed E-state index contributed by atoms with van der Waals surface area (Å²) in [7, 11) is 0. The number of nitriles is 2. The standard InChI is InChI=1S/C14H8Cl2N2O/c15-11-5-3-6-12(16)13(11)19-14(9-18)7-2-1-4-10(14)8-17/h1-7,10H. The largest absolute Gasteiger partial charge is 0.464 e. The average Bonchev–Trinajstić information content (AvgIpc) is 2.43. The lowest BCUT2D eigenvalue weighted by molar-refractivity contribution is 0.153. The van der Waals surface area contributed by atoms with E-state index in [0.717, 1.165) is 0 Å². The molecule has 1 aliphatic carbocycles. The van der Waals surface area contributed by atoms with E-state index in [1.54, 1.807) is 36.4 Å². The Kier molecular flexibility index (Phi) is 3.81. The smallest absolute Gasteiger partial charge is 0.232 e. The molecule has 2 atom stereocenters. The van der Waals surface area contributed by atoms with Crippen LogP contribution in [0.3, 0.4) is 0 Å². The summed E-state index contributed by atoms with van der Waals surface area (Å²) in [5.74, 6) is -0.526. The minimum atomic E-state index is -1.42. The van der Waals surface area contributed by atoms with Crippen molar-refractivity contribution in [1.82, 2.24) is 0 Å².